The zero-order valence-electron chi connectivity index (χ0n) is 10.2. The first-order chi connectivity index (χ1) is 8.46. The molecule has 2 fully saturated rings. The Morgan fingerprint density at radius 1 is 1.11 bits per heavy atom. The minimum absolute atomic E-state index is 0.267. The van der Waals surface area contributed by atoms with E-state index in [0.29, 0.717) is 0 Å². The van der Waals surface area contributed by atoms with Crippen LogP contribution in [0, 0.1) is 0 Å². The summed E-state index contributed by atoms with van der Waals surface area (Å²) in [6.07, 6.45) is -1.92. The number of benzene rings is 1. The van der Waals surface area contributed by atoms with Crippen molar-refractivity contribution in [2.45, 2.75) is 44.2 Å². The SMILES string of the molecule is CC1(C)O[C@@H]2[C@H](O1)C(O)O[C@H]2c1ccc(Br)cc1. The molecule has 0 amide bonds. The summed E-state index contributed by atoms with van der Waals surface area (Å²) >= 11 is 3.39. The average molecular weight is 315 g/mol. The van der Waals surface area contributed by atoms with E-state index >= 15 is 0 Å². The molecule has 98 valence electrons. The first-order valence-electron chi connectivity index (χ1n) is 5.91. The predicted molar refractivity (Wildman–Crippen MR) is 67.8 cm³/mol. The summed E-state index contributed by atoms with van der Waals surface area (Å²) in [7, 11) is 0. The van der Waals surface area contributed by atoms with Gasteiger partial charge in [0.1, 0.15) is 18.3 Å². The largest absolute Gasteiger partial charge is 0.366 e. The van der Waals surface area contributed by atoms with Crippen molar-refractivity contribution < 1.29 is 19.3 Å². The van der Waals surface area contributed by atoms with Gasteiger partial charge in [0, 0.05) is 4.47 Å². The lowest BCUT2D eigenvalue weighted by atomic mass is 10.0. The fraction of sp³-hybridized carbons (Fsp3) is 0.538. The average Bonchev–Trinajstić information content (AvgIpc) is 2.76. The second-order valence-corrected chi connectivity index (χ2v) is 5.98. The van der Waals surface area contributed by atoms with Crippen molar-refractivity contribution >= 4 is 15.9 Å². The molecule has 4 nitrogen and oxygen atoms in total. The van der Waals surface area contributed by atoms with Crippen LogP contribution < -0.4 is 0 Å². The molecular weight excluding hydrogens is 300 g/mol. The van der Waals surface area contributed by atoms with Gasteiger partial charge in [-0.2, -0.15) is 0 Å². The number of halogens is 1. The number of hydrogen-bond acceptors (Lipinski definition) is 4. The molecule has 0 saturated carbocycles. The molecule has 0 aliphatic carbocycles. The van der Waals surface area contributed by atoms with Crippen molar-refractivity contribution in [2.24, 2.45) is 0 Å². The van der Waals surface area contributed by atoms with E-state index in [1.165, 1.54) is 0 Å². The minimum Gasteiger partial charge on any atom is -0.366 e. The molecular formula is C13H15BrO4. The van der Waals surface area contributed by atoms with Crippen molar-refractivity contribution in [1.82, 2.24) is 0 Å². The molecule has 0 spiro atoms. The van der Waals surface area contributed by atoms with Crippen molar-refractivity contribution in [3.63, 3.8) is 0 Å². The number of hydrogen-bond donors (Lipinski definition) is 1. The van der Waals surface area contributed by atoms with E-state index in [0.717, 1.165) is 10.0 Å². The summed E-state index contributed by atoms with van der Waals surface area (Å²) in [5, 5.41) is 9.88. The zero-order valence-corrected chi connectivity index (χ0v) is 11.8. The molecule has 18 heavy (non-hydrogen) atoms. The first-order valence-corrected chi connectivity index (χ1v) is 6.70. The highest BCUT2D eigenvalue weighted by Crippen LogP contribution is 2.44. The van der Waals surface area contributed by atoms with Gasteiger partial charge in [0.2, 0.25) is 0 Å². The van der Waals surface area contributed by atoms with Crippen molar-refractivity contribution in [3.05, 3.63) is 34.3 Å². The molecule has 2 aliphatic rings. The van der Waals surface area contributed by atoms with Crippen LogP contribution in [-0.4, -0.2) is 29.4 Å². The van der Waals surface area contributed by atoms with Gasteiger partial charge < -0.3 is 19.3 Å². The monoisotopic (exact) mass is 314 g/mol. The molecule has 2 heterocycles. The lowest BCUT2D eigenvalue weighted by molar-refractivity contribution is -0.221. The highest BCUT2D eigenvalue weighted by Gasteiger charge is 2.55. The summed E-state index contributed by atoms with van der Waals surface area (Å²) in [4.78, 5) is 0. The zero-order chi connectivity index (χ0) is 12.9. The number of rotatable bonds is 1. The Kier molecular flexibility index (Phi) is 2.99. The van der Waals surface area contributed by atoms with Gasteiger partial charge in [0.15, 0.2) is 12.1 Å². The molecule has 2 saturated heterocycles. The lowest BCUT2D eigenvalue weighted by Gasteiger charge is -2.22. The number of ether oxygens (including phenoxy) is 3. The smallest absolute Gasteiger partial charge is 0.184 e. The molecule has 1 N–H and O–H groups in total. The summed E-state index contributed by atoms with van der Waals surface area (Å²) in [6, 6.07) is 7.80. The fourth-order valence-corrected chi connectivity index (χ4v) is 2.76. The topological polar surface area (TPSA) is 47.9 Å². The van der Waals surface area contributed by atoms with Gasteiger partial charge in [-0.25, -0.2) is 0 Å². The highest BCUT2D eigenvalue weighted by atomic mass is 79.9. The summed E-state index contributed by atoms with van der Waals surface area (Å²) in [5.74, 6) is -0.673. The Labute approximate surface area is 114 Å². The van der Waals surface area contributed by atoms with Crippen LogP contribution in [0.15, 0.2) is 28.7 Å². The number of fused-ring (bicyclic) bond motifs is 1. The van der Waals surface area contributed by atoms with Crippen LogP contribution in [0.5, 0.6) is 0 Å². The maximum atomic E-state index is 9.88. The molecule has 0 bridgehead atoms. The van der Waals surface area contributed by atoms with Crippen LogP contribution in [-0.2, 0) is 14.2 Å². The third kappa shape index (κ3) is 2.10. The maximum absolute atomic E-state index is 9.88. The van der Waals surface area contributed by atoms with E-state index in [2.05, 4.69) is 15.9 Å². The Morgan fingerprint density at radius 3 is 2.39 bits per heavy atom. The van der Waals surface area contributed by atoms with E-state index < -0.39 is 18.2 Å². The van der Waals surface area contributed by atoms with Gasteiger partial charge in [-0.05, 0) is 31.5 Å². The van der Waals surface area contributed by atoms with Crippen LogP contribution in [0.3, 0.4) is 0 Å². The van der Waals surface area contributed by atoms with Gasteiger partial charge in [-0.3, -0.25) is 0 Å². The van der Waals surface area contributed by atoms with Crippen LogP contribution in [0.2, 0.25) is 0 Å². The van der Waals surface area contributed by atoms with Gasteiger partial charge in [0.25, 0.3) is 0 Å². The molecule has 1 unspecified atom stereocenters. The molecule has 2 aliphatic heterocycles. The van der Waals surface area contributed by atoms with Gasteiger partial charge in [0.05, 0.1) is 0 Å². The molecule has 1 aromatic carbocycles. The number of aliphatic hydroxyl groups excluding tert-OH is 1. The molecule has 0 radical (unpaired) electrons. The van der Waals surface area contributed by atoms with Crippen molar-refractivity contribution in [2.75, 3.05) is 0 Å². The molecule has 5 heteroatoms. The molecule has 3 rings (SSSR count). The van der Waals surface area contributed by atoms with Crippen LogP contribution in [0.4, 0.5) is 0 Å². The van der Waals surface area contributed by atoms with Crippen molar-refractivity contribution in [3.8, 4) is 0 Å². The van der Waals surface area contributed by atoms with Crippen LogP contribution in [0.1, 0.15) is 25.5 Å². The molecule has 1 aromatic rings. The fourth-order valence-electron chi connectivity index (χ4n) is 2.50. The quantitative estimate of drug-likeness (QED) is 0.864. The van der Waals surface area contributed by atoms with Gasteiger partial charge >= 0.3 is 0 Å². The van der Waals surface area contributed by atoms with Crippen LogP contribution >= 0.6 is 15.9 Å². The Hall–Kier alpha value is -0.460. The van der Waals surface area contributed by atoms with E-state index in [4.69, 9.17) is 14.2 Å². The van der Waals surface area contributed by atoms with Gasteiger partial charge in [-0.15, -0.1) is 0 Å². The standard InChI is InChI=1S/C13H15BrO4/c1-13(2)17-10-9(16-12(15)11(10)18-13)7-3-5-8(14)6-4-7/h3-6,9-12,15H,1-2H3/t9-,10-,11-,12?/m0/s1. The lowest BCUT2D eigenvalue weighted by Crippen LogP contribution is -2.29. The summed E-state index contributed by atoms with van der Waals surface area (Å²) in [5.41, 5.74) is 0.978. The second kappa shape index (κ2) is 4.28. The Bertz CT molecular complexity index is 445. The predicted octanol–water partition coefficient (Wildman–Crippen LogP) is 2.36. The third-order valence-electron chi connectivity index (χ3n) is 3.23. The third-order valence-corrected chi connectivity index (χ3v) is 3.76. The normalized spacial score (nSPS) is 37.8. The highest BCUT2D eigenvalue weighted by molar-refractivity contribution is 9.10. The molecule has 0 aromatic heterocycles. The summed E-state index contributed by atoms with van der Waals surface area (Å²) < 4.78 is 18.0. The maximum Gasteiger partial charge on any atom is 0.184 e. The van der Waals surface area contributed by atoms with E-state index in [1.807, 2.05) is 38.1 Å². The molecule has 4 atom stereocenters. The Balaban J connectivity index is 1.88. The Morgan fingerprint density at radius 2 is 1.72 bits per heavy atom. The van der Waals surface area contributed by atoms with E-state index in [9.17, 15) is 5.11 Å². The van der Waals surface area contributed by atoms with E-state index in [-0.39, 0.29) is 12.2 Å². The first kappa shape index (κ1) is 12.6. The number of aliphatic hydroxyl groups is 1. The summed E-state index contributed by atoms with van der Waals surface area (Å²) in [6.45, 7) is 3.69. The van der Waals surface area contributed by atoms with Gasteiger partial charge in [-0.1, -0.05) is 28.1 Å². The van der Waals surface area contributed by atoms with Crippen LogP contribution in [0.25, 0.3) is 0 Å². The van der Waals surface area contributed by atoms with E-state index in [1.54, 1.807) is 0 Å². The second-order valence-electron chi connectivity index (χ2n) is 5.06. The van der Waals surface area contributed by atoms with Crippen molar-refractivity contribution in [1.29, 1.82) is 0 Å². The minimum atomic E-state index is -0.939.